The zero-order valence-corrected chi connectivity index (χ0v) is 59.5. The number of carboxylic acids is 1. The van der Waals surface area contributed by atoms with Gasteiger partial charge < -0.3 is 88.7 Å². The van der Waals surface area contributed by atoms with E-state index in [-0.39, 0.29) is 99.4 Å². The van der Waals surface area contributed by atoms with Gasteiger partial charge in [-0.3, -0.25) is 62.4 Å². The number of nitrogens with two attached hydrogens (primary N) is 2. The fourth-order valence-corrected chi connectivity index (χ4v) is 13.9. The summed E-state index contributed by atoms with van der Waals surface area (Å²) in [7, 11) is 1.00. The normalized spacial score (nSPS) is 25.8. The number of amides is 11. The second-order valence-electron chi connectivity index (χ2n) is 25.8. The van der Waals surface area contributed by atoms with Crippen molar-refractivity contribution in [1.82, 2.24) is 52.3 Å². The molecular weight excluding hydrogens is 1370 g/mol. The topological polar surface area (TPSA) is 487 Å². The first kappa shape index (κ1) is 82.2. The van der Waals surface area contributed by atoms with Crippen molar-refractivity contribution in [3.63, 3.8) is 0 Å². The smallest absolute Gasteiger partial charge is 0.344 e. The van der Waals surface area contributed by atoms with E-state index in [9.17, 15) is 72.9 Å². The molecule has 2 saturated heterocycles. The predicted octanol–water partition coefficient (Wildman–Crippen LogP) is -0.669. The van der Waals surface area contributed by atoms with Crippen molar-refractivity contribution in [3.05, 3.63) is 59.2 Å². The van der Waals surface area contributed by atoms with Crippen LogP contribution in [0, 0.1) is 5.92 Å². The van der Waals surface area contributed by atoms with Gasteiger partial charge >= 0.3 is 11.9 Å². The second-order valence-corrected chi connectivity index (χ2v) is 27.9. The van der Waals surface area contributed by atoms with Crippen LogP contribution in [-0.2, 0) is 94.9 Å². The number of nitrogens with zero attached hydrogens (tertiary/aromatic N) is 3. The van der Waals surface area contributed by atoms with E-state index in [0.29, 0.717) is 61.2 Å². The maximum absolute atomic E-state index is 15.2. The molecule has 4 aliphatic heterocycles. The number of ether oxygens (including phenoxy) is 1. The molecule has 0 aromatic heterocycles. The third-order valence-corrected chi connectivity index (χ3v) is 19.4. The number of carboxylic acid groups (broad SMARTS) is 1. The van der Waals surface area contributed by atoms with Crippen molar-refractivity contribution >= 4 is 107 Å². The van der Waals surface area contributed by atoms with Crippen LogP contribution in [0.1, 0.15) is 134 Å². The standard InChI is InChI=1S/C67H97N13O20S2/c1-38(2)27-47-61(90)73-49(32-56(86)100-97-4)63(92)78-57(39(3)81)67(96)80-24-12-15-53(80)65(94)75-48(31-40-16-18-43(82)19-17-40)62(91)72-46(20-21-55(84)85)60(89)76-50(58(69)87)36-101-34-41-28-42-30-44(29-41)98-25-9-5-6-10-26-99-70-33-54(83)71-45(13-7-8-22-68)59(88)77-51(37-102-35-42)66(95)79-23-11-14-52(79)64(93)74-47/h16-19,28-30,33,38-39,45-53,57,81-82H,5-15,20-27,31-32,34-37,68H2,1-4H3,(H2,69,87)(H,71,83)(H,72,91)(H,73,90)(H,74,93)(H,75,94)(H,76,89)(H,77,88)(H,78,92)(H,84,85)/b70-33+/t39-,45+,46+,47+,48+,49+,50+,51+,52+,53+,57+/m1/s1. The number of thioether (sulfide) groups is 2. The van der Waals surface area contributed by atoms with Gasteiger partial charge in [-0.1, -0.05) is 37.2 Å². The Kier molecular flexibility index (Phi) is 33.8. The number of phenols is 1. The first-order valence-corrected chi connectivity index (χ1v) is 36.6. The molecule has 562 valence electrons. The third kappa shape index (κ3) is 26.5. The molecule has 0 radical (unpaired) electrons. The molecule has 0 unspecified atom stereocenters. The van der Waals surface area contributed by atoms with Crippen LogP contribution >= 0.6 is 23.5 Å². The highest BCUT2D eigenvalue weighted by Gasteiger charge is 2.44. The lowest BCUT2D eigenvalue weighted by molar-refractivity contribution is -0.255. The van der Waals surface area contributed by atoms with E-state index >= 15 is 4.79 Å². The number of hydrogen-bond acceptors (Lipinski definition) is 23. The largest absolute Gasteiger partial charge is 0.508 e. The van der Waals surface area contributed by atoms with Crippen molar-refractivity contribution in [3.8, 4) is 11.5 Å². The summed E-state index contributed by atoms with van der Waals surface area (Å²) in [5, 5.41) is 55.8. The zero-order chi connectivity index (χ0) is 74.4. The molecule has 11 atom stereocenters. The molecule has 4 heterocycles. The number of aliphatic carboxylic acids is 1. The number of aliphatic hydroxyl groups is 1. The van der Waals surface area contributed by atoms with Gasteiger partial charge in [0.15, 0.2) is 0 Å². The fourth-order valence-electron chi connectivity index (χ4n) is 11.9. The van der Waals surface area contributed by atoms with Gasteiger partial charge in [0.25, 0.3) is 5.91 Å². The molecule has 0 saturated carbocycles. The molecule has 0 aliphatic carbocycles. The number of benzene rings is 2. The molecule has 33 nitrogen and oxygen atoms in total. The van der Waals surface area contributed by atoms with Crippen LogP contribution in [0.2, 0.25) is 0 Å². The van der Waals surface area contributed by atoms with E-state index in [1.807, 2.05) is 12.1 Å². The van der Waals surface area contributed by atoms with Crippen LogP contribution in [0.5, 0.6) is 11.5 Å². The van der Waals surface area contributed by atoms with Crippen LogP contribution in [0.4, 0.5) is 0 Å². The number of primary amides is 1. The lowest BCUT2D eigenvalue weighted by Gasteiger charge is -2.32. The average molecular weight is 1470 g/mol. The molecule has 11 amide bonds. The van der Waals surface area contributed by atoms with Crippen LogP contribution in [0.15, 0.2) is 47.6 Å². The van der Waals surface area contributed by atoms with Crippen LogP contribution in [-0.4, -0.2) is 226 Å². The minimum atomic E-state index is -1.90. The van der Waals surface area contributed by atoms with E-state index in [1.165, 1.54) is 52.7 Å². The van der Waals surface area contributed by atoms with Crippen LogP contribution in [0.3, 0.4) is 0 Å². The number of fused-ring (bicyclic) bond motifs is 7. The van der Waals surface area contributed by atoms with E-state index in [0.717, 1.165) is 38.0 Å². The number of carbonyl (C=O) groups excluding carboxylic acids is 12. The van der Waals surface area contributed by atoms with Gasteiger partial charge in [-0.05, 0) is 144 Å². The van der Waals surface area contributed by atoms with Gasteiger partial charge in [0, 0.05) is 48.9 Å². The van der Waals surface area contributed by atoms with Crippen LogP contribution in [0.25, 0.3) is 0 Å². The fraction of sp³-hybridized carbons (Fsp3) is 0.612. The molecule has 102 heavy (non-hydrogen) atoms. The summed E-state index contributed by atoms with van der Waals surface area (Å²) >= 11 is 2.43. The third-order valence-electron chi connectivity index (χ3n) is 17.2. The van der Waals surface area contributed by atoms with Gasteiger partial charge in [0.1, 0.15) is 84.7 Å². The molecule has 15 N–H and O–H groups in total. The molecule has 0 spiro atoms. The van der Waals surface area contributed by atoms with Crippen molar-refractivity contribution in [2.45, 2.75) is 202 Å². The molecule has 2 fully saturated rings. The highest BCUT2D eigenvalue weighted by atomic mass is 32.2. The summed E-state index contributed by atoms with van der Waals surface area (Å²) in [6.45, 7) is 5.32. The number of phenolic OH excluding ortho intramolecular Hbond substituents is 1. The van der Waals surface area contributed by atoms with Crippen molar-refractivity contribution in [2.75, 3.05) is 51.5 Å². The lowest BCUT2D eigenvalue weighted by Crippen LogP contribution is -2.62. The van der Waals surface area contributed by atoms with Crippen molar-refractivity contribution in [1.29, 1.82) is 0 Å². The first-order valence-electron chi connectivity index (χ1n) is 34.3. The summed E-state index contributed by atoms with van der Waals surface area (Å²) in [5.74, 6) is -12.4. The van der Waals surface area contributed by atoms with Crippen LogP contribution < -0.4 is 58.7 Å². The predicted molar refractivity (Wildman–Crippen MR) is 372 cm³/mol. The van der Waals surface area contributed by atoms with E-state index < -0.39 is 163 Å². The molecule has 6 rings (SSSR count). The van der Waals surface area contributed by atoms with Gasteiger partial charge in [0.05, 0.1) is 26.2 Å². The number of nitrogens with one attached hydrogen (secondary N) is 8. The quantitative estimate of drug-likeness (QED) is 0.0563. The lowest BCUT2D eigenvalue weighted by atomic mass is 10.0. The second kappa shape index (κ2) is 42.0. The highest BCUT2D eigenvalue weighted by molar-refractivity contribution is 7.98. The highest BCUT2D eigenvalue weighted by Crippen LogP contribution is 2.28. The maximum atomic E-state index is 15.2. The van der Waals surface area contributed by atoms with Gasteiger partial charge in [-0.2, -0.15) is 28.4 Å². The van der Waals surface area contributed by atoms with Crippen molar-refractivity contribution < 1.29 is 97.0 Å². The SMILES string of the molecule is COOC(=O)C[C@@H]1NC(=O)[C@H](CC(C)C)NC(=O)[C@@H]2CCCN2C(=O)[C@@H]2CSCc3cc(cc(c3)OCCCCCCO/N=C/C(=O)N[C@@H](CCCCN)C(=O)N2)CSC[C@@H](C(N)=O)NC(=O)[C@H](CCC(=O)O)NC(=O)[C@H](Cc2ccc(O)cc2)NC(=O)[C@@H]2CCCN2C(=O)[C@H]([C@@H](C)O)NC1=O. The molecule has 2 aromatic rings. The van der Waals surface area contributed by atoms with E-state index in [4.69, 9.17) is 21.0 Å². The summed E-state index contributed by atoms with van der Waals surface area (Å²) in [6, 6.07) is -4.00. The molecule has 4 bridgehead atoms. The Morgan fingerprint density at radius 2 is 1.23 bits per heavy atom. The van der Waals surface area contributed by atoms with Gasteiger partial charge in [0.2, 0.25) is 59.1 Å². The maximum Gasteiger partial charge on any atom is 0.344 e. The number of oxime groups is 1. The molecular formula is C67H97N13O20S2. The Morgan fingerprint density at radius 1 is 0.657 bits per heavy atom. The van der Waals surface area contributed by atoms with Gasteiger partial charge in [-0.25, -0.2) is 4.79 Å². The number of rotatable bonds is 16. The Balaban J connectivity index is 1.43. The Labute approximate surface area is 599 Å². The minimum absolute atomic E-state index is 0.0138. The Morgan fingerprint density at radius 3 is 1.84 bits per heavy atom. The molecule has 2 aromatic carbocycles. The number of hydrogen-bond donors (Lipinski definition) is 13. The number of aromatic hydroxyl groups is 1. The number of aliphatic hydroxyl groups excluding tert-OH is 1. The summed E-state index contributed by atoms with van der Waals surface area (Å²) in [4.78, 5) is 200. The van der Waals surface area contributed by atoms with E-state index in [2.05, 4.69) is 57.5 Å². The summed E-state index contributed by atoms with van der Waals surface area (Å²) < 4.78 is 6.29. The summed E-state index contributed by atoms with van der Waals surface area (Å²) in [5.41, 5.74) is 13.5. The minimum Gasteiger partial charge on any atom is -0.508 e. The molecule has 35 heteroatoms. The Bertz CT molecular complexity index is 3280. The van der Waals surface area contributed by atoms with Crippen molar-refractivity contribution in [2.24, 2.45) is 22.5 Å². The zero-order valence-electron chi connectivity index (χ0n) is 57.8. The number of carbonyl (C=O) groups is 13. The average Bonchev–Trinajstić information content (AvgIpc) is 1.61. The van der Waals surface area contributed by atoms with E-state index in [1.54, 1.807) is 19.9 Å². The monoisotopic (exact) mass is 1470 g/mol. The number of unbranched alkanes of at least 4 members (excludes halogenated alkanes) is 1. The summed E-state index contributed by atoms with van der Waals surface area (Å²) in [6.07, 6.45) is 1.03. The first-order chi connectivity index (χ1) is 48.7. The Hall–Kier alpha value is -8.80. The van der Waals surface area contributed by atoms with Gasteiger partial charge in [-0.15, -0.1) is 0 Å². The molecule has 4 aliphatic rings.